The molecule has 0 saturated heterocycles. The van der Waals surface area contributed by atoms with E-state index in [9.17, 15) is 4.79 Å². The summed E-state index contributed by atoms with van der Waals surface area (Å²) in [5, 5.41) is 3.23. The molecule has 110 valence electrons. The number of carbonyl (C=O) groups is 1. The summed E-state index contributed by atoms with van der Waals surface area (Å²) in [5.41, 5.74) is 2.16. The van der Waals surface area contributed by atoms with Crippen molar-refractivity contribution in [3.05, 3.63) is 22.5 Å². The van der Waals surface area contributed by atoms with Gasteiger partial charge in [-0.3, -0.25) is 9.20 Å². The van der Waals surface area contributed by atoms with E-state index >= 15 is 0 Å². The predicted octanol–water partition coefficient (Wildman–Crippen LogP) is 1.97. The SMILES string of the molecule is CCN(CC)C(=O)CNCc1c(C)nc2sc(C)cn12. The van der Waals surface area contributed by atoms with Crippen LogP contribution in [0, 0.1) is 13.8 Å². The van der Waals surface area contributed by atoms with Crippen LogP contribution in [0.15, 0.2) is 6.20 Å². The highest BCUT2D eigenvalue weighted by Gasteiger charge is 2.12. The van der Waals surface area contributed by atoms with Crippen molar-refractivity contribution >= 4 is 22.2 Å². The summed E-state index contributed by atoms with van der Waals surface area (Å²) in [6, 6.07) is 0. The second kappa shape index (κ2) is 6.37. The van der Waals surface area contributed by atoms with E-state index in [0.29, 0.717) is 13.1 Å². The number of hydrogen-bond donors (Lipinski definition) is 1. The predicted molar refractivity (Wildman–Crippen MR) is 82.2 cm³/mol. The van der Waals surface area contributed by atoms with Gasteiger partial charge in [-0.25, -0.2) is 4.98 Å². The normalized spacial score (nSPS) is 11.2. The lowest BCUT2D eigenvalue weighted by Gasteiger charge is -2.18. The molecule has 1 amide bonds. The molecule has 0 bridgehead atoms. The third-order valence-corrected chi connectivity index (χ3v) is 4.32. The Morgan fingerprint density at radius 2 is 2.10 bits per heavy atom. The lowest BCUT2D eigenvalue weighted by Crippen LogP contribution is -2.37. The maximum Gasteiger partial charge on any atom is 0.236 e. The fraction of sp³-hybridized carbons (Fsp3) is 0.571. The smallest absolute Gasteiger partial charge is 0.236 e. The Morgan fingerprint density at radius 3 is 2.75 bits per heavy atom. The molecule has 0 aromatic carbocycles. The van der Waals surface area contributed by atoms with Gasteiger partial charge < -0.3 is 10.2 Å². The molecule has 0 spiro atoms. The average Bonchev–Trinajstić information content (AvgIpc) is 2.88. The van der Waals surface area contributed by atoms with E-state index in [1.165, 1.54) is 4.88 Å². The van der Waals surface area contributed by atoms with Gasteiger partial charge in [0, 0.05) is 30.7 Å². The van der Waals surface area contributed by atoms with Crippen LogP contribution in [-0.2, 0) is 11.3 Å². The average molecular weight is 294 g/mol. The molecule has 0 fully saturated rings. The number of nitrogens with one attached hydrogen (secondary N) is 1. The van der Waals surface area contributed by atoms with E-state index in [0.717, 1.165) is 29.4 Å². The Bertz CT molecular complexity index is 598. The Labute approximate surface area is 123 Å². The number of aromatic nitrogens is 2. The Morgan fingerprint density at radius 1 is 1.40 bits per heavy atom. The number of nitrogens with zero attached hydrogens (tertiary/aromatic N) is 3. The molecule has 5 nitrogen and oxygen atoms in total. The first-order valence-corrected chi connectivity index (χ1v) is 7.80. The van der Waals surface area contributed by atoms with Gasteiger partial charge in [0.05, 0.1) is 17.9 Å². The maximum absolute atomic E-state index is 11.9. The number of hydrogen-bond acceptors (Lipinski definition) is 4. The standard InChI is InChI=1S/C14H22N4OS/c1-5-17(6-2)13(19)8-15-7-12-11(4)16-14-18(12)9-10(3)20-14/h9,15H,5-8H2,1-4H3. The van der Waals surface area contributed by atoms with Gasteiger partial charge >= 0.3 is 0 Å². The van der Waals surface area contributed by atoms with Crippen molar-refractivity contribution < 1.29 is 4.79 Å². The molecule has 0 atom stereocenters. The number of carbonyl (C=O) groups excluding carboxylic acids is 1. The van der Waals surface area contributed by atoms with Crippen LogP contribution in [-0.4, -0.2) is 39.8 Å². The van der Waals surface area contributed by atoms with Crippen LogP contribution in [0.5, 0.6) is 0 Å². The van der Waals surface area contributed by atoms with Crippen molar-refractivity contribution in [1.82, 2.24) is 19.6 Å². The first-order valence-electron chi connectivity index (χ1n) is 6.99. The lowest BCUT2D eigenvalue weighted by atomic mass is 10.3. The van der Waals surface area contributed by atoms with Crippen LogP contribution in [0.1, 0.15) is 30.1 Å². The first-order chi connectivity index (χ1) is 9.56. The van der Waals surface area contributed by atoms with Gasteiger partial charge in [0.2, 0.25) is 5.91 Å². The summed E-state index contributed by atoms with van der Waals surface area (Å²) in [6.07, 6.45) is 2.10. The van der Waals surface area contributed by atoms with Crippen molar-refractivity contribution in [1.29, 1.82) is 0 Å². The molecule has 0 aliphatic carbocycles. The fourth-order valence-corrected chi connectivity index (χ4v) is 3.19. The number of fused-ring (bicyclic) bond motifs is 1. The number of imidazole rings is 1. The molecule has 2 rings (SSSR count). The van der Waals surface area contributed by atoms with Gasteiger partial charge in [0.1, 0.15) is 0 Å². The molecule has 6 heteroatoms. The summed E-state index contributed by atoms with van der Waals surface area (Å²) in [7, 11) is 0. The molecule has 2 heterocycles. The van der Waals surface area contributed by atoms with Crippen molar-refractivity contribution in [2.45, 2.75) is 34.2 Å². The minimum absolute atomic E-state index is 0.148. The summed E-state index contributed by atoms with van der Waals surface area (Å²) < 4.78 is 2.12. The van der Waals surface area contributed by atoms with E-state index in [-0.39, 0.29) is 5.91 Å². The van der Waals surface area contributed by atoms with Gasteiger partial charge in [0.15, 0.2) is 4.96 Å². The number of likely N-dealkylation sites (N-methyl/N-ethyl adjacent to an activating group) is 1. The zero-order valence-corrected chi connectivity index (χ0v) is 13.4. The van der Waals surface area contributed by atoms with Crippen LogP contribution in [0.25, 0.3) is 4.96 Å². The third-order valence-electron chi connectivity index (χ3n) is 3.43. The quantitative estimate of drug-likeness (QED) is 0.886. The molecule has 1 N–H and O–H groups in total. The molecule has 2 aromatic heterocycles. The van der Waals surface area contributed by atoms with E-state index in [1.807, 2.05) is 25.7 Å². The van der Waals surface area contributed by atoms with Gasteiger partial charge in [-0.05, 0) is 27.7 Å². The molecule has 20 heavy (non-hydrogen) atoms. The second-order valence-electron chi connectivity index (χ2n) is 4.81. The number of thiazole rings is 1. The highest BCUT2D eigenvalue weighted by molar-refractivity contribution is 7.17. The monoisotopic (exact) mass is 294 g/mol. The minimum atomic E-state index is 0.148. The van der Waals surface area contributed by atoms with Gasteiger partial charge in [-0.1, -0.05) is 0 Å². The lowest BCUT2D eigenvalue weighted by molar-refractivity contribution is -0.129. The summed E-state index contributed by atoms with van der Waals surface area (Å²) >= 11 is 1.69. The second-order valence-corrected chi connectivity index (χ2v) is 6.02. The van der Waals surface area contributed by atoms with Gasteiger partial charge in [-0.2, -0.15) is 0 Å². The molecule has 2 aromatic rings. The fourth-order valence-electron chi connectivity index (χ4n) is 2.30. The first kappa shape index (κ1) is 15.0. The highest BCUT2D eigenvalue weighted by atomic mass is 32.1. The topological polar surface area (TPSA) is 49.6 Å². The highest BCUT2D eigenvalue weighted by Crippen LogP contribution is 2.20. The zero-order valence-electron chi connectivity index (χ0n) is 12.6. The van der Waals surface area contributed by atoms with Crippen molar-refractivity contribution in [2.24, 2.45) is 0 Å². The van der Waals surface area contributed by atoms with Crippen LogP contribution in [0.3, 0.4) is 0 Å². The Hall–Kier alpha value is -1.40. The van der Waals surface area contributed by atoms with Crippen molar-refractivity contribution in [2.75, 3.05) is 19.6 Å². The van der Waals surface area contributed by atoms with E-state index < -0.39 is 0 Å². The van der Waals surface area contributed by atoms with Crippen LogP contribution < -0.4 is 5.32 Å². The minimum Gasteiger partial charge on any atom is -0.342 e. The Balaban J connectivity index is 1.99. The molecular weight excluding hydrogens is 272 g/mol. The van der Waals surface area contributed by atoms with Gasteiger partial charge in [-0.15, -0.1) is 11.3 Å². The Kier molecular flexibility index (Phi) is 4.77. The number of aryl methyl sites for hydroxylation is 2. The zero-order chi connectivity index (χ0) is 14.7. The van der Waals surface area contributed by atoms with E-state index in [4.69, 9.17) is 0 Å². The summed E-state index contributed by atoms with van der Waals surface area (Å²) in [5.74, 6) is 0.148. The molecule has 0 saturated carbocycles. The summed E-state index contributed by atoms with van der Waals surface area (Å²) in [4.78, 5) is 20.6. The molecule has 0 unspecified atom stereocenters. The number of rotatable bonds is 6. The molecule has 0 aliphatic heterocycles. The van der Waals surface area contributed by atoms with Crippen molar-refractivity contribution in [3.63, 3.8) is 0 Å². The molecular formula is C14H22N4OS. The van der Waals surface area contributed by atoms with E-state index in [1.54, 1.807) is 11.3 Å². The summed E-state index contributed by atoms with van der Waals surface area (Å²) in [6.45, 7) is 10.6. The largest absolute Gasteiger partial charge is 0.342 e. The molecule has 0 radical (unpaired) electrons. The number of amides is 1. The van der Waals surface area contributed by atoms with Gasteiger partial charge in [0.25, 0.3) is 0 Å². The van der Waals surface area contributed by atoms with E-state index in [2.05, 4.69) is 27.8 Å². The molecule has 0 aliphatic rings. The van der Waals surface area contributed by atoms with Crippen LogP contribution >= 0.6 is 11.3 Å². The maximum atomic E-state index is 11.9. The van der Waals surface area contributed by atoms with Crippen molar-refractivity contribution in [3.8, 4) is 0 Å². The van der Waals surface area contributed by atoms with Crippen LogP contribution in [0.4, 0.5) is 0 Å². The van der Waals surface area contributed by atoms with Crippen LogP contribution in [0.2, 0.25) is 0 Å². The third kappa shape index (κ3) is 3.02.